The maximum absolute atomic E-state index is 9.64. The molecule has 0 saturated heterocycles. The summed E-state index contributed by atoms with van der Waals surface area (Å²) in [7, 11) is 0. The quantitative estimate of drug-likeness (QED) is 0.860. The molecule has 0 heterocycles. The van der Waals surface area contributed by atoms with Crippen molar-refractivity contribution >= 4 is 15.9 Å². The molecule has 1 aliphatic carbocycles. The first-order valence-corrected chi connectivity index (χ1v) is 6.18. The van der Waals surface area contributed by atoms with Crippen LogP contribution in [0.1, 0.15) is 18.4 Å². The van der Waals surface area contributed by atoms with Gasteiger partial charge in [-0.2, -0.15) is 0 Å². The zero-order chi connectivity index (χ0) is 10.7. The van der Waals surface area contributed by atoms with Gasteiger partial charge in [0, 0.05) is 17.6 Å². The lowest BCUT2D eigenvalue weighted by molar-refractivity contribution is 0.148. The largest absolute Gasteiger partial charge is 0.392 e. The van der Waals surface area contributed by atoms with E-state index in [1.807, 2.05) is 12.1 Å². The van der Waals surface area contributed by atoms with Crippen molar-refractivity contribution in [2.45, 2.75) is 25.5 Å². The van der Waals surface area contributed by atoms with Crippen LogP contribution in [-0.4, -0.2) is 17.8 Å². The zero-order valence-electron chi connectivity index (χ0n) is 8.62. The number of aliphatic hydroxyl groups excluding tert-OH is 1. The molecule has 0 amide bonds. The first kappa shape index (κ1) is 11.1. The third-order valence-electron chi connectivity index (χ3n) is 2.76. The second-order valence-corrected chi connectivity index (χ2v) is 5.08. The molecule has 0 aliphatic heterocycles. The molecule has 2 N–H and O–H groups in total. The molecule has 1 aromatic rings. The Morgan fingerprint density at radius 1 is 1.33 bits per heavy atom. The summed E-state index contributed by atoms with van der Waals surface area (Å²) in [4.78, 5) is 0. The van der Waals surface area contributed by atoms with Crippen LogP contribution in [0.5, 0.6) is 0 Å². The van der Waals surface area contributed by atoms with Crippen LogP contribution in [0.3, 0.4) is 0 Å². The molecule has 2 rings (SSSR count). The summed E-state index contributed by atoms with van der Waals surface area (Å²) < 4.78 is 1.10. The molecule has 1 saturated carbocycles. The van der Waals surface area contributed by atoms with Gasteiger partial charge in [0.25, 0.3) is 0 Å². The van der Waals surface area contributed by atoms with E-state index in [0.29, 0.717) is 12.5 Å². The summed E-state index contributed by atoms with van der Waals surface area (Å²) in [5.41, 5.74) is 1.25. The van der Waals surface area contributed by atoms with Gasteiger partial charge in [-0.1, -0.05) is 28.1 Å². The Labute approximate surface area is 98.8 Å². The summed E-state index contributed by atoms with van der Waals surface area (Å²) in [6.07, 6.45) is 2.24. The van der Waals surface area contributed by atoms with Crippen molar-refractivity contribution in [2.75, 3.05) is 6.54 Å². The summed E-state index contributed by atoms with van der Waals surface area (Å²) in [5.74, 6) is 0.558. The minimum atomic E-state index is -0.152. The molecule has 82 valence electrons. The predicted octanol–water partition coefficient (Wildman–Crippen LogP) is 2.31. The third-order valence-corrected chi connectivity index (χ3v) is 3.29. The van der Waals surface area contributed by atoms with Gasteiger partial charge in [-0.25, -0.2) is 0 Å². The molecule has 0 radical (unpaired) electrons. The van der Waals surface area contributed by atoms with Crippen LogP contribution in [-0.2, 0) is 6.54 Å². The highest BCUT2D eigenvalue weighted by molar-refractivity contribution is 9.10. The first-order chi connectivity index (χ1) is 7.25. The van der Waals surface area contributed by atoms with Crippen molar-refractivity contribution in [2.24, 2.45) is 5.92 Å². The van der Waals surface area contributed by atoms with Gasteiger partial charge in [0.05, 0.1) is 6.10 Å². The topological polar surface area (TPSA) is 32.3 Å². The van der Waals surface area contributed by atoms with Crippen molar-refractivity contribution in [1.82, 2.24) is 5.32 Å². The molecule has 0 spiro atoms. The number of halogens is 1. The smallest absolute Gasteiger partial charge is 0.0692 e. The number of nitrogens with one attached hydrogen (secondary N) is 1. The summed E-state index contributed by atoms with van der Waals surface area (Å²) in [5, 5.41) is 12.9. The fourth-order valence-corrected chi connectivity index (χ4v) is 1.88. The van der Waals surface area contributed by atoms with Crippen LogP contribution in [0, 0.1) is 5.92 Å². The van der Waals surface area contributed by atoms with Crippen molar-refractivity contribution in [3.05, 3.63) is 34.3 Å². The fraction of sp³-hybridized carbons (Fsp3) is 0.500. The van der Waals surface area contributed by atoms with Gasteiger partial charge >= 0.3 is 0 Å². The molecular weight excluding hydrogens is 254 g/mol. The second kappa shape index (κ2) is 5.10. The van der Waals surface area contributed by atoms with Gasteiger partial charge in [-0.05, 0) is 36.5 Å². The van der Waals surface area contributed by atoms with Gasteiger partial charge in [-0.15, -0.1) is 0 Å². The number of hydrogen-bond acceptors (Lipinski definition) is 2. The maximum atomic E-state index is 9.64. The maximum Gasteiger partial charge on any atom is 0.0692 e. The molecule has 1 atom stereocenters. The molecule has 2 nitrogen and oxygen atoms in total. The Bertz CT molecular complexity index is 308. The second-order valence-electron chi connectivity index (χ2n) is 4.16. The predicted molar refractivity (Wildman–Crippen MR) is 64.6 cm³/mol. The monoisotopic (exact) mass is 269 g/mol. The van der Waals surface area contributed by atoms with E-state index in [0.717, 1.165) is 11.0 Å². The number of benzene rings is 1. The number of aliphatic hydroxyl groups is 1. The standard InChI is InChI=1S/C12H16BrNO/c13-11-5-1-9(2-6-11)7-14-8-12(15)10-3-4-10/h1-2,5-6,10,12,14-15H,3-4,7-8H2. The van der Waals surface area contributed by atoms with E-state index >= 15 is 0 Å². The van der Waals surface area contributed by atoms with Crippen molar-refractivity contribution in [3.63, 3.8) is 0 Å². The van der Waals surface area contributed by atoms with Crippen LogP contribution in [0.25, 0.3) is 0 Å². The van der Waals surface area contributed by atoms with E-state index in [4.69, 9.17) is 0 Å². The number of hydrogen-bond donors (Lipinski definition) is 2. The Morgan fingerprint density at radius 3 is 2.60 bits per heavy atom. The van der Waals surface area contributed by atoms with Crippen molar-refractivity contribution in [1.29, 1.82) is 0 Å². The lowest BCUT2D eigenvalue weighted by Gasteiger charge is -2.10. The lowest BCUT2D eigenvalue weighted by Crippen LogP contribution is -2.27. The van der Waals surface area contributed by atoms with Crippen LogP contribution < -0.4 is 5.32 Å². The average molecular weight is 270 g/mol. The number of rotatable bonds is 5. The molecule has 1 aliphatic rings. The molecule has 1 aromatic carbocycles. The molecule has 1 fully saturated rings. The van der Waals surface area contributed by atoms with Crippen molar-refractivity contribution < 1.29 is 5.11 Å². The molecule has 0 aromatic heterocycles. The first-order valence-electron chi connectivity index (χ1n) is 5.39. The van der Waals surface area contributed by atoms with Crippen molar-refractivity contribution in [3.8, 4) is 0 Å². The van der Waals surface area contributed by atoms with Gasteiger partial charge in [0.1, 0.15) is 0 Å². The van der Waals surface area contributed by atoms with Gasteiger partial charge in [0.15, 0.2) is 0 Å². The normalized spacial score (nSPS) is 17.7. The van der Waals surface area contributed by atoms with Crippen LogP contribution in [0.4, 0.5) is 0 Å². The van der Waals surface area contributed by atoms with Gasteiger partial charge in [-0.3, -0.25) is 0 Å². The Morgan fingerprint density at radius 2 is 2.00 bits per heavy atom. The minimum Gasteiger partial charge on any atom is -0.392 e. The zero-order valence-corrected chi connectivity index (χ0v) is 10.2. The van der Waals surface area contributed by atoms with Gasteiger partial charge < -0.3 is 10.4 Å². The van der Waals surface area contributed by atoms with E-state index < -0.39 is 0 Å². The van der Waals surface area contributed by atoms with E-state index in [2.05, 4.69) is 33.4 Å². The Hall–Kier alpha value is -0.380. The molecule has 1 unspecified atom stereocenters. The fourth-order valence-electron chi connectivity index (χ4n) is 1.61. The molecular formula is C12H16BrNO. The average Bonchev–Trinajstić information content (AvgIpc) is 3.04. The van der Waals surface area contributed by atoms with E-state index in [-0.39, 0.29) is 6.10 Å². The SMILES string of the molecule is OC(CNCc1ccc(Br)cc1)C1CC1. The van der Waals surface area contributed by atoms with Crippen LogP contribution in [0.15, 0.2) is 28.7 Å². The van der Waals surface area contributed by atoms with Crippen LogP contribution >= 0.6 is 15.9 Å². The third kappa shape index (κ3) is 3.59. The summed E-state index contributed by atoms with van der Waals surface area (Å²) >= 11 is 3.40. The highest BCUT2D eigenvalue weighted by Crippen LogP contribution is 2.32. The molecule has 15 heavy (non-hydrogen) atoms. The summed E-state index contributed by atoms with van der Waals surface area (Å²) in [6, 6.07) is 8.24. The highest BCUT2D eigenvalue weighted by Gasteiger charge is 2.28. The summed E-state index contributed by atoms with van der Waals surface area (Å²) in [6.45, 7) is 1.54. The Kier molecular flexibility index (Phi) is 3.78. The molecule has 3 heteroatoms. The van der Waals surface area contributed by atoms with Crippen LogP contribution in [0.2, 0.25) is 0 Å². The lowest BCUT2D eigenvalue weighted by atomic mass is 10.2. The molecule has 0 bridgehead atoms. The van der Waals surface area contributed by atoms with E-state index in [9.17, 15) is 5.11 Å². The minimum absolute atomic E-state index is 0.152. The van der Waals surface area contributed by atoms with E-state index in [1.54, 1.807) is 0 Å². The highest BCUT2D eigenvalue weighted by atomic mass is 79.9. The Balaban J connectivity index is 1.70. The van der Waals surface area contributed by atoms with E-state index in [1.165, 1.54) is 18.4 Å². The van der Waals surface area contributed by atoms with Gasteiger partial charge in [0.2, 0.25) is 0 Å².